The summed E-state index contributed by atoms with van der Waals surface area (Å²) in [6, 6.07) is 18.3. The molecule has 2 atom stereocenters. The van der Waals surface area contributed by atoms with Crippen LogP contribution in [0, 0.1) is 11.8 Å². The first-order chi connectivity index (χ1) is 12.6. The van der Waals surface area contributed by atoms with Crippen LogP contribution in [0.25, 0.3) is 0 Å². The van der Waals surface area contributed by atoms with E-state index >= 15 is 0 Å². The van der Waals surface area contributed by atoms with E-state index < -0.39 is 0 Å². The van der Waals surface area contributed by atoms with Crippen LogP contribution in [-0.2, 0) is 13.1 Å². The van der Waals surface area contributed by atoms with Crippen molar-refractivity contribution in [1.29, 1.82) is 0 Å². The van der Waals surface area contributed by atoms with Crippen LogP contribution < -0.4 is 11.1 Å². The van der Waals surface area contributed by atoms with Gasteiger partial charge in [0.2, 0.25) is 0 Å². The number of nitrogens with one attached hydrogen (secondary N) is 1. The highest BCUT2D eigenvalue weighted by atomic mass is 16.1. The first-order valence-corrected chi connectivity index (χ1v) is 9.43. The summed E-state index contributed by atoms with van der Waals surface area (Å²) in [7, 11) is 0. The summed E-state index contributed by atoms with van der Waals surface area (Å²) < 4.78 is 0. The van der Waals surface area contributed by atoms with Crippen molar-refractivity contribution < 1.29 is 4.79 Å². The Labute approximate surface area is 156 Å². The highest BCUT2D eigenvalue weighted by Gasteiger charge is 2.33. The minimum atomic E-state index is 0.00813. The van der Waals surface area contributed by atoms with E-state index in [2.05, 4.69) is 54.4 Å². The van der Waals surface area contributed by atoms with E-state index in [1.165, 1.54) is 5.56 Å². The van der Waals surface area contributed by atoms with Gasteiger partial charge in [-0.15, -0.1) is 0 Å². The Bertz CT molecular complexity index is 702. The Morgan fingerprint density at radius 2 is 1.62 bits per heavy atom. The molecule has 0 bridgehead atoms. The molecule has 3 N–H and O–H groups in total. The molecule has 138 valence electrons. The van der Waals surface area contributed by atoms with Crippen molar-refractivity contribution in [2.24, 2.45) is 17.6 Å². The molecule has 4 heteroatoms. The monoisotopic (exact) mass is 351 g/mol. The van der Waals surface area contributed by atoms with Crippen LogP contribution in [-0.4, -0.2) is 29.9 Å². The summed E-state index contributed by atoms with van der Waals surface area (Å²) >= 11 is 0. The van der Waals surface area contributed by atoms with Gasteiger partial charge in [-0.25, -0.2) is 0 Å². The van der Waals surface area contributed by atoms with Crippen LogP contribution in [0.2, 0.25) is 0 Å². The molecule has 0 saturated carbocycles. The lowest BCUT2D eigenvalue weighted by atomic mass is 9.85. The molecule has 1 heterocycles. The average molecular weight is 351 g/mol. The number of amides is 1. The molecule has 1 saturated heterocycles. The second kappa shape index (κ2) is 8.47. The Morgan fingerprint density at radius 3 is 2.19 bits per heavy atom. The van der Waals surface area contributed by atoms with Crippen molar-refractivity contribution in [1.82, 2.24) is 10.2 Å². The van der Waals surface area contributed by atoms with Gasteiger partial charge in [0.15, 0.2) is 0 Å². The number of benzene rings is 2. The van der Waals surface area contributed by atoms with Gasteiger partial charge in [-0.3, -0.25) is 9.69 Å². The van der Waals surface area contributed by atoms with Crippen LogP contribution in [0.5, 0.6) is 0 Å². The standard InChI is InChI=1S/C22H29N3O/c1-16-13-25(15-19-6-4-3-5-7-19)14-17(2)21(16)24-22(26)20-10-8-18(12-23)9-11-20/h3-11,16-17,21H,12-15,23H2,1-2H3,(H,24,26). The van der Waals surface area contributed by atoms with Crippen molar-refractivity contribution in [3.63, 3.8) is 0 Å². The second-order valence-corrected chi connectivity index (χ2v) is 7.53. The van der Waals surface area contributed by atoms with Gasteiger partial charge in [-0.1, -0.05) is 56.3 Å². The van der Waals surface area contributed by atoms with E-state index in [1.807, 2.05) is 24.3 Å². The first-order valence-electron chi connectivity index (χ1n) is 9.43. The third-order valence-corrected chi connectivity index (χ3v) is 5.32. The van der Waals surface area contributed by atoms with Crippen molar-refractivity contribution in [3.05, 3.63) is 71.3 Å². The topological polar surface area (TPSA) is 58.4 Å². The number of rotatable bonds is 5. The fourth-order valence-corrected chi connectivity index (χ4v) is 3.96. The summed E-state index contributed by atoms with van der Waals surface area (Å²) in [6.45, 7) is 7.92. The highest BCUT2D eigenvalue weighted by Crippen LogP contribution is 2.24. The molecule has 26 heavy (non-hydrogen) atoms. The van der Waals surface area contributed by atoms with Crippen LogP contribution >= 0.6 is 0 Å². The maximum absolute atomic E-state index is 12.6. The van der Waals surface area contributed by atoms with E-state index in [0.717, 1.165) is 25.2 Å². The third kappa shape index (κ3) is 4.51. The predicted octanol–water partition coefficient (Wildman–Crippen LogP) is 3.03. The number of nitrogens with zero attached hydrogens (tertiary/aromatic N) is 1. The number of hydrogen-bond donors (Lipinski definition) is 2. The quantitative estimate of drug-likeness (QED) is 0.870. The number of nitrogens with two attached hydrogens (primary N) is 1. The zero-order chi connectivity index (χ0) is 18.5. The van der Waals surface area contributed by atoms with Gasteiger partial charge in [-0.05, 0) is 35.1 Å². The van der Waals surface area contributed by atoms with Crippen molar-refractivity contribution in [2.45, 2.75) is 33.0 Å². The smallest absolute Gasteiger partial charge is 0.251 e. The molecule has 2 unspecified atom stereocenters. The first kappa shape index (κ1) is 18.6. The molecule has 0 aromatic heterocycles. The van der Waals surface area contributed by atoms with Crippen LogP contribution in [0.4, 0.5) is 0 Å². The lowest BCUT2D eigenvalue weighted by Crippen LogP contribution is -2.54. The zero-order valence-electron chi connectivity index (χ0n) is 15.7. The minimum Gasteiger partial charge on any atom is -0.349 e. The Morgan fingerprint density at radius 1 is 1.00 bits per heavy atom. The van der Waals surface area contributed by atoms with Gasteiger partial charge in [-0.2, -0.15) is 0 Å². The van der Waals surface area contributed by atoms with Crippen LogP contribution in [0.1, 0.15) is 35.3 Å². The van der Waals surface area contributed by atoms with Crippen LogP contribution in [0.15, 0.2) is 54.6 Å². The summed E-state index contributed by atoms with van der Waals surface area (Å²) in [4.78, 5) is 15.1. The average Bonchev–Trinajstić information content (AvgIpc) is 2.65. The third-order valence-electron chi connectivity index (χ3n) is 5.32. The molecule has 1 amide bonds. The molecule has 0 spiro atoms. The van der Waals surface area contributed by atoms with Gasteiger partial charge in [0.25, 0.3) is 5.91 Å². The van der Waals surface area contributed by atoms with Gasteiger partial charge in [0.05, 0.1) is 0 Å². The molecule has 2 aromatic carbocycles. The van der Waals surface area contributed by atoms with Crippen LogP contribution in [0.3, 0.4) is 0 Å². The van der Waals surface area contributed by atoms with E-state index in [-0.39, 0.29) is 11.9 Å². The highest BCUT2D eigenvalue weighted by molar-refractivity contribution is 5.94. The predicted molar refractivity (Wildman–Crippen MR) is 106 cm³/mol. The maximum Gasteiger partial charge on any atom is 0.251 e. The molecule has 3 rings (SSSR count). The molecule has 0 aliphatic carbocycles. The zero-order valence-corrected chi connectivity index (χ0v) is 15.7. The lowest BCUT2D eigenvalue weighted by Gasteiger charge is -2.41. The van der Waals surface area contributed by atoms with Gasteiger partial charge < -0.3 is 11.1 Å². The molecule has 2 aromatic rings. The Balaban J connectivity index is 1.59. The number of hydrogen-bond acceptors (Lipinski definition) is 3. The van der Waals surface area contributed by atoms with E-state index in [1.54, 1.807) is 0 Å². The largest absolute Gasteiger partial charge is 0.349 e. The molecule has 1 aliphatic rings. The van der Waals surface area contributed by atoms with Crippen molar-refractivity contribution >= 4 is 5.91 Å². The SMILES string of the molecule is CC1CN(Cc2ccccc2)CC(C)C1NC(=O)c1ccc(CN)cc1. The molecule has 1 fully saturated rings. The number of likely N-dealkylation sites (tertiary alicyclic amines) is 1. The maximum atomic E-state index is 12.6. The normalized spacial score (nSPS) is 23.6. The number of carbonyl (C=O) groups is 1. The van der Waals surface area contributed by atoms with Gasteiger partial charge in [0, 0.05) is 37.8 Å². The second-order valence-electron chi connectivity index (χ2n) is 7.53. The summed E-state index contributed by atoms with van der Waals surface area (Å²) in [5.41, 5.74) is 8.71. The minimum absolute atomic E-state index is 0.00813. The number of piperidine rings is 1. The molecule has 0 radical (unpaired) electrons. The summed E-state index contributed by atoms with van der Waals surface area (Å²) in [5, 5.41) is 3.26. The number of carbonyl (C=O) groups excluding carboxylic acids is 1. The Hall–Kier alpha value is -2.17. The van der Waals surface area contributed by atoms with Crippen molar-refractivity contribution in [2.75, 3.05) is 13.1 Å². The molecule has 4 nitrogen and oxygen atoms in total. The van der Waals surface area contributed by atoms with Gasteiger partial charge >= 0.3 is 0 Å². The lowest BCUT2D eigenvalue weighted by molar-refractivity contribution is 0.0733. The molecular formula is C22H29N3O. The molecule has 1 aliphatic heterocycles. The van der Waals surface area contributed by atoms with Crippen molar-refractivity contribution in [3.8, 4) is 0 Å². The van der Waals surface area contributed by atoms with E-state index in [9.17, 15) is 4.79 Å². The summed E-state index contributed by atoms with van der Waals surface area (Å²) in [6.07, 6.45) is 0. The van der Waals surface area contributed by atoms with E-state index in [0.29, 0.717) is 23.9 Å². The van der Waals surface area contributed by atoms with Gasteiger partial charge in [0.1, 0.15) is 0 Å². The molecular weight excluding hydrogens is 322 g/mol. The van der Waals surface area contributed by atoms with E-state index in [4.69, 9.17) is 5.73 Å². The fourth-order valence-electron chi connectivity index (χ4n) is 3.96. The summed E-state index contributed by atoms with van der Waals surface area (Å²) in [5.74, 6) is 0.832. The Kier molecular flexibility index (Phi) is 6.07. The fraction of sp³-hybridized carbons (Fsp3) is 0.409.